The predicted octanol–water partition coefficient (Wildman–Crippen LogP) is 3.53. The van der Waals surface area contributed by atoms with Gasteiger partial charge in [0.1, 0.15) is 0 Å². The zero-order valence-electron chi connectivity index (χ0n) is 11.7. The van der Waals surface area contributed by atoms with Crippen LogP contribution < -0.4 is 5.32 Å². The molecule has 20 heavy (non-hydrogen) atoms. The van der Waals surface area contributed by atoms with E-state index in [1.807, 2.05) is 19.3 Å². The summed E-state index contributed by atoms with van der Waals surface area (Å²) < 4.78 is 8.53. The molecule has 0 aliphatic heterocycles. The van der Waals surface area contributed by atoms with Crippen LogP contribution in [-0.4, -0.2) is 29.3 Å². The number of ether oxygens (including phenoxy) is 1. The molecule has 1 N–H and O–H groups in total. The number of rotatable bonds is 8. The maximum absolute atomic E-state index is 5.32. The number of aromatic nitrogens is 2. The van der Waals surface area contributed by atoms with Crippen LogP contribution in [0.3, 0.4) is 0 Å². The minimum Gasteiger partial charge on any atom is -0.382 e. The van der Waals surface area contributed by atoms with Crippen molar-refractivity contribution in [3.63, 3.8) is 0 Å². The van der Waals surface area contributed by atoms with E-state index in [1.165, 1.54) is 5.56 Å². The second-order valence-corrected chi connectivity index (χ2v) is 5.40. The Morgan fingerprint density at radius 1 is 1.30 bits per heavy atom. The summed E-state index contributed by atoms with van der Waals surface area (Å²) in [6, 6.07) is 8.34. The van der Waals surface area contributed by atoms with Gasteiger partial charge >= 0.3 is 0 Å². The van der Waals surface area contributed by atoms with Crippen molar-refractivity contribution in [2.45, 2.75) is 19.9 Å². The number of hydrogen-bond acceptors (Lipinski definition) is 3. The molecular weight excluding hydrogens is 318 g/mol. The Balaban J connectivity index is 1.86. The first-order valence-electron chi connectivity index (χ1n) is 6.87. The van der Waals surface area contributed by atoms with E-state index in [4.69, 9.17) is 4.74 Å². The third kappa shape index (κ3) is 4.65. The fourth-order valence-corrected chi connectivity index (χ4v) is 2.17. The second-order valence-electron chi connectivity index (χ2n) is 4.48. The van der Waals surface area contributed by atoms with Crippen LogP contribution in [0.25, 0.3) is 0 Å². The first-order chi connectivity index (χ1) is 9.79. The van der Waals surface area contributed by atoms with Crippen molar-refractivity contribution < 1.29 is 4.74 Å². The maximum atomic E-state index is 5.32. The molecular formula is C15H20BrN3O. The van der Waals surface area contributed by atoms with E-state index in [2.05, 4.69) is 55.1 Å². The van der Waals surface area contributed by atoms with Gasteiger partial charge in [-0.3, -0.25) is 0 Å². The van der Waals surface area contributed by atoms with Gasteiger partial charge < -0.3 is 14.6 Å². The number of hydrogen-bond donors (Lipinski definition) is 1. The fourth-order valence-electron chi connectivity index (χ4n) is 1.91. The van der Waals surface area contributed by atoms with E-state index in [9.17, 15) is 0 Å². The van der Waals surface area contributed by atoms with E-state index in [0.717, 1.165) is 43.1 Å². The first-order valence-corrected chi connectivity index (χ1v) is 7.66. The fraction of sp³-hybridized carbons (Fsp3) is 0.400. The van der Waals surface area contributed by atoms with E-state index >= 15 is 0 Å². The molecule has 0 spiro atoms. The third-order valence-electron chi connectivity index (χ3n) is 2.93. The number of benzene rings is 1. The SMILES string of the molecule is CCOCCCNc1nccn1Cc1ccc(Br)cc1. The molecule has 1 aromatic heterocycles. The third-order valence-corrected chi connectivity index (χ3v) is 3.46. The van der Waals surface area contributed by atoms with E-state index in [1.54, 1.807) is 0 Å². The average molecular weight is 338 g/mol. The molecule has 0 bridgehead atoms. The highest BCUT2D eigenvalue weighted by Gasteiger charge is 2.02. The van der Waals surface area contributed by atoms with Gasteiger partial charge in [-0.2, -0.15) is 0 Å². The zero-order chi connectivity index (χ0) is 14.2. The smallest absolute Gasteiger partial charge is 0.203 e. The maximum Gasteiger partial charge on any atom is 0.203 e. The summed E-state index contributed by atoms with van der Waals surface area (Å²) in [5, 5.41) is 3.35. The van der Waals surface area contributed by atoms with Crippen LogP contribution in [0.5, 0.6) is 0 Å². The quantitative estimate of drug-likeness (QED) is 0.749. The standard InChI is InChI=1S/C15H20BrN3O/c1-2-20-11-3-8-17-15-18-9-10-19(15)12-13-4-6-14(16)7-5-13/h4-7,9-10H,2-3,8,11-12H2,1H3,(H,17,18). The molecule has 0 atom stereocenters. The van der Waals surface area contributed by atoms with Gasteiger partial charge in [0.15, 0.2) is 0 Å². The van der Waals surface area contributed by atoms with Crippen molar-refractivity contribution in [2.24, 2.45) is 0 Å². The lowest BCUT2D eigenvalue weighted by atomic mass is 10.2. The highest BCUT2D eigenvalue weighted by atomic mass is 79.9. The summed E-state index contributed by atoms with van der Waals surface area (Å²) in [6.45, 7) is 5.27. The molecule has 0 aliphatic rings. The average Bonchev–Trinajstić information content (AvgIpc) is 2.89. The topological polar surface area (TPSA) is 39.1 Å². The Morgan fingerprint density at radius 2 is 2.10 bits per heavy atom. The van der Waals surface area contributed by atoms with Crippen molar-refractivity contribution in [3.8, 4) is 0 Å². The van der Waals surface area contributed by atoms with Crippen molar-refractivity contribution in [1.82, 2.24) is 9.55 Å². The van der Waals surface area contributed by atoms with Gasteiger partial charge in [0, 0.05) is 36.6 Å². The van der Waals surface area contributed by atoms with Crippen LogP contribution in [-0.2, 0) is 11.3 Å². The molecule has 0 radical (unpaired) electrons. The summed E-state index contributed by atoms with van der Waals surface area (Å²) in [5.41, 5.74) is 1.25. The van der Waals surface area contributed by atoms with Crippen molar-refractivity contribution >= 4 is 21.9 Å². The van der Waals surface area contributed by atoms with E-state index < -0.39 is 0 Å². The summed E-state index contributed by atoms with van der Waals surface area (Å²) in [4.78, 5) is 4.35. The van der Waals surface area contributed by atoms with Gasteiger partial charge in [-0.15, -0.1) is 0 Å². The Bertz CT molecular complexity index is 510. The summed E-state index contributed by atoms with van der Waals surface area (Å²) in [6.07, 6.45) is 4.80. The summed E-state index contributed by atoms with van der Waals surface area (Å²) in [7, 11) is 0. The highest BCUT2D eigenvalue weighted by Crippen LogP contribution is 2.13. The monoisotopic (exact) mass is 337 g/mol. The largest absolute Gasteiger partial charge is 0.382 e. The second kappa shape index (κ2) is 8.07. The molecule has 0 saturated heterocycles. The van der Waals surface area contributed by atoms with Crippen LogP contribution in [0.2, 0.25) is 0 Å². The number of nitrogens with one attached hydrogen (secondary N) is 1. The molecule has 2 aromatic rings. The van der Waals surface area contributed by atoms with Crippen molar-refractivity contribution in [1.29, 1.82) is 0 Å². The molecule has 5 heteroatoms. The molecule has 108 valence electrons. The lowest BCUT2D eigenvalue weighted by Crippen LogP contribution is -2.11. The number of nitrogens with zero attached hydrogens (tertiary/aromatic N) is 2. The Morgan fingerprint density at radius 3 is 2.85 bits per heavy atom. The zero-order valence-corrected chi connectivity index (χ0v) is 13.3. The van der Waals surface area contributed by atoms with Gasteiger partial charge in [0.2, 0.25) is 5.95 Å². The normalized spacial score (nSPS) is 10.7. The molecule has 2 rings (SSSR count). The molecule has 0 fully saturated rings. The number of imidazole rings is 1. The summed E-state index contributed by atoms with van der Waals surface area (Å²) in [5.74, 6) is 0.907. The predicted molar refractivity (Wildman–Crippen MR) is 85.1 cm³/mol. The Hall–Kier alpha value is -1.33. The molecule has 0 amide bonds. The molecule has 1 aromatic carbocycles. The molecule has 0 saturated carbocycles. The lowest BCUT2D eigenvalue weighted by molar-refractivity contribution is 0.147. The van der Waals surface area contributed by atoms with Crippen LogP contribution in [0.15, 0.2) is 41.1 Å². The van der Waals surface area contributed by atoms with Crippen molar-refractivity contribution in [3.05, 3.63) is 46.7 Å². The van der Waals surface area contributed by atoms with E-state index in [0.29, 0.717) is 0 Å². The van der Waals surface area contributed by atoms with Gasteiger partial charge in [0.05, 0.1) is 6.54 Å². The highest BCUT2D eigenvalue weighted by molar-refractivity contribution is 9.10. The molecule has 1 heterocycles. The lowest BCUT2D eigenvalue weighted by Gasteiger charge is -2.10. The first kappa shape index (κ1) is 15.1. The van der Waals surface area contributed by atoms with Crippen LogP contribution in [0.1, 0.15) is 18.9 Å². The Labute approximate surface area is 128 Å². The molecule has 4 nitrogen and oxygen atoms in total. The van der Waals surface area contributed by atoms with Crippen LogP contribution in [0.4, 0.5) is 5.95 Å². The van der Waals surface area contributed by atoms with Gasteiger partial charge in [-0.1, -0.05) is 28.1 Å². The van der Waals surface area contributed by atoms with Crippen LogP contribution in [0, 0.1) is 0 Å². The Kier molecular flexibility index (Phi) is 6.08. The minimum absolute atomic E-state index is 0.776. The summed E-state index contributed by atoms with van der Waals surface area (Å²) >= 11 is 3.45. The number of anilines is 1. The van der Waals surface area contributed by atoms with E-state index in [-0.39, 0.29) is 0 Å². The van der Waals surface area contributed by atoms with Gasteiger partial charge in [-0.05, 0) is 31.0 Å². The molecule has 0 aliphatic carbocycles. The van der Waals surface area contributed by atoms with Crippen LogP contribution >= 0.6 is 15.9 Å². The van der Waals surface area contributed by atoms with Gasteiger partial charge in [0.25, 0.3) is 0 Å². The van der Waals surface area contributed by atoms with Gasteiger partial charge in [-0.25, -0.2) is 4.98 Å². The molecule has 0 unspecified atom stereocenters. The number of halogens is 1. The minimum atomic E-state index is 0.776. The van der Waals surface area contributed by atoms with Crippen molar-refractivity contribution in [2.75, 3.05) is 25.1 Å².